The molecule has 0 saturated carbocycles. The Morgan fingerprint density at radius 1 is 1.17 bits per heavy atom. The summed E-state index contributed by atoms with van der Waals surface area (Å²) in [6.45, 7) is -1.97. The second-order valence-corrected chi connectivity index (χ2v) is 5.40. The van der Waals surface area contributed by atoms with E-state index in [1.807, 2.05) is 0 Å². The van der Waals surface area contributed by atoms with Gasteiger partial charge >= 0.3 is 12.6 Å². The number of nitrogens with one attached hydrogen (secondary N) is 1. The van der Waals surface area contributed by atoms with E-state index in [4.69, 9.17) is 9.47 Å². The van der Waals surface area contributed by atoms with Crippen LogP contribution in [0.2, 0.25) is 0 Å². The Labute approximate surface area is 163 Å². The first-order valence-corrected chi connectivity index (χ1v) is 8.23. The molecule has 2 rings (SSSR count). The zero-order valence-corrected chi connectivity index (χ0v) is 15.1. The number of non-ortho nitro benzene ring substituents is 1. The summed E-state index contributed by atoms with van der Waals surface area (Å²) in [5, 5.41) is 13.1. The molecule has 0 bridgehead atoms. The van der Waals surface area contributed by atoms with Gasteiger partial charge in [0.2, 0.25) is 0 Å². The molecule has 0 aliphatic carbocycles. The number of ether oxygens (including phenoxy) is 3. The second-order valence-electron chi connectivity index (χ2n) is 5.40. The summed E-state index contributed by atoms with van der Waals surface area (Å²) in [4.78, 5) is 34.1. The number of halogens is 2. The van der Waals surface area contributed by atoms with Gasteiger partial charge in [0.1, 0.15) is 0 Å². The van der Waals surface area contributed by atoms with Gasteiger partial charge in [-0.25, -0.2) is 4.79 Å². The number of hydrogen-bond acceptors (Lipinski definition) is 7. The van der Waals surface area contributed by atoms with Crippen molar-refractivity contribution in [2.45, 2.75) is 13.5 Å². The highest BCUT2D eigenvalue weighted by atomic mass is 19.3. The summed E-state index contributed by atoms with van der Waals surface area (Å²) in [5.41, 5.74) is -0.0973. The van der Waals surface area contributed by atoms with Gasteiger partial charge < -0.3 is 19.5 Å². The highest BCUT2D eigenvalue weighted by molar-refractivity contribution is 5.96. The van der Waals surface area contributed by atoms with Crippen LogP contribution in [0, 0.1) is 10.1 Å². The number of nitrogens with zero attached hydrogens (tertiary/aromatic N) is 1. The molecule has 1 N–H and O–H groups in total. The van der Waals surface area contributed by atoms with E-state index < -0.39 is 30.0 Å². The molecule has 0 aromatic heterocycles. The van der Waals surface area contributed by atoms with Gasteiger partial charge in [0.15, 0.2) is 18.1 Å². The quantitative estimate of drug-likeness (QED) is 0.382. The molecule has 9 nitrogen and oxygen atoms in total. The highest BCUT2D eigenvalue weighted by Gasteiger charge is 2.17. The molecular formula is C18H16F2N2O7. The van der Waals surface area contributed by atoms with Crippen molar-refractivity contribution in [1.82, 2.24) is 0 Å². The van der Waals surface area contributed by atoms with Crippen LogP contribution in [0.1, 0.15) is 17.3 Å². The van der Waals surface area contributed by atoms with Crippen molar-refractivity contribution >= 4 is 23.3 Å². The van der Waals surface area contributed by atoms with Crippen LogP contribution in [-0.4, -0.2) is 36.6 Å². The maximum atomic E-state index is 12.4. The van der Waals surface area contributed by atoms with Crippen LogP contribution in [0.5, 0.6) is 11.5 Å². The van der Waals surface area contributed by atoms with E-state index in [9.17, 15) is 28.5 Å². The Kier molecular flexibility index (Phi) is 7.40. The lowest BCUT2D eigenvalue weighted by Gasteiger charge is -2.12. The van der Waals surface area contributed by atoms with Gasteiger partial charge in [0.05, 0.1) is 17.1 Å². The molecule has 0 aliphatic rings. The molecule has 0 atom stereocenters. The van der Waals surface area contributed by atoms with Crippen LogP contribution in [0.4, 0.5) is 20.2 Å². The fourth-order valence-corrected chi connectivity index (χ4v) is 2.21. The monoisotopic (exact) mass is 410 g/mol. The van der Waals surface area contributed by atoms with E-state index in [0.29, 0.717) is 0 Å². The van der Waals surface area contributed by atoms with Gasteiger partial charge in [-0.05, 0) is 31.2 Å². The molecule has 154 valence electrons. The number of nitro benzene ring substituents is 1. The first kappa shape index (κ1) is 21.5. The number of hydrogen-bond donors (Lipinski definition) is 1. The van der Waals surface area contributed by atoms with Crippen LogP contribution in [0.15, 0.2) is 42.5 Å². The third kappa shape index (κ3) is 6.41. The largest absolute Gasteiger partial charge is 0.490 e. The molecule has 0 aliphatic heterocycles. The van der Waals surface area contributed by atoms with E-state index in [1.165, 1.54) is 24.3 Å². The molecule has 0 radical (unpaired) electrons. The Morgan fingerprint density at radius 3 is 2.59 bits per heavy atom. The van der Waals surface area contributed by atoms with Gasteiger partial charge in [-0.15, -0.1) is 0 Å². The van der Waals surface area contributed by atoms with Crippen molar-refractivity contribution in [2.24, 2.45) is 0 Å². The molecule has 0 saturated heterocycles. The highest BCUT2D eigenvalue weighted by Crippen LogP contribution is 2.30. The first-order chi connectivity index (χ1) is 13.8. The number of alkyl halides is 2. The minimum atomic E-state index is -3.07. The number of benzene rings is 2. The van der Waals surface area contributed by atoms with Gasteiger partial charge in [0, 0.05) is 17.8 Å². The zero-order valence-electron chi connectivity index (χ0n) is 15.1. The summed E-state index contributed by atoms with van der Waals surface area (Å²) in [6.07, 6.45) is 0. The number of rotatable bonds is 9. The predicted molar refractivity (Wildman–Crippen MR) is 96.3 cm³/mol. The average molecular weight is 410 g/mol. The lowest BCUT2D eigenvalue weighted by Crippen LogP contribution is -2.21. The first-order valence-electron chi connectivity index (χ1n) is 8.23. The lowest BCUT2D eigenvalue weighted by atomic mass is 10.2. The van der Waals surface area contributed by atoms with Crippen molar-refractivity contribution in [2.75, 3.05) is 18.5 Å². The number of esters is 1. The minimum Gasteiger partial charge on any atom is -0.490 e. The number of nitro groups is 1. The van der Waals surface area contributed by atoms with Crippen LogP contribution >= 0.6 is 0 Å². The summed E-state index contributed by atoms with van der Waals surface area (Å²) in [7, 11) is 0. The van der Waals surface area contributed by atoms with E-state index in [-0.39, 0.29) is 35.0 Å². The van der Waals surface area contributed by atoms with Gasteiger partial charge in [-0.2, -0.15) is 8.78 Å². The summed E-state index contributed by atoms with van der Waals surface area (Å²) in [6, 6.07) is 8.68. The number of carbonyl (C=O) groups excluding carboxylic acids is 2. The molecule has 29 heavy (non-hydrogen) atoms. The second kappa shape index (κ2) is 9.97. The van der Waals surface area contributed by atoms with E-state index in [2.05, 4.69) is 10.1 Å². The fourth-order valence-electron chi connectivity index (χ4n) is 2.21. The predicted octanol–water partition coefficient (Wildman–Crippen LogP) is 3.39. The van der Waals surface area contributed by atoms with Crippen molar-refractivity contribution in [3.8, 4) is 11.5 Å². The molecule has 0 unspecified atom stereocenters. The number of amides is 1. The Bertz CT molecular complexity index is 906. The van der Waals surface area contributed by atoms with Crippen LogP contribution in [0.3, 0.4) is 0 Å². The summed E-state index contributed by atoms with van der Waals surface area (Å²) in [5.74, 6) is -1.95. The molecule has 2 aromatic carbocycles. The lowest BCUT2D eigenvalue weighted by molar-refractivity contribution is -0.384. The standard InChI is InChI=1S/C18H16F2N2O7/c1-2-27-15-8-11(6-7-14(15)29-18(19)20)17(24)28-10-16(23)21-12-4-3-5-13(9-12)22(25)26/h3-9,18H,2,10H2,1H3,(H,21,23). The normalized spacial score (nSPS) is 10.3. The Morgan fingerprint density at radius 2 is 1.93 bits per heavy atom. The fraction of sp³-hybridized carbons (Fsp3) is 0.222. The van der Waals surface area contributed by atoms with E-state index in [0.717, 1.165) is 18.2 Å². The topological polar surface area (TPSA) is 117 Å². The maximum absolute atomic E-state index is 12.4. The minimum absolute atomic E-state index is 0.0433. The van der Waals surface area contributed by atoms with Crippen LogP contribution < -0.4 is 14.8 Å². The SMILES string of the molecule is CCOc1cc(C(=O)OCC(=O)Nc2cccc([N+](=O)[O-])c2)ccc1OC(F)F. The van der Waals surface area contributed by atoms with Gasteiger partial charge in [0.25, 0.3) is 11.6 Å². The molecule has 11 heteroatoms. The Hall–Kier alpha value is -3.76. The van der Waals surface area contributed by atoms with Crippen molar-refractivity contribution in [3.63, 3.8) is 0 Å². The van der Waals surface area contributed by atoms with E-state index in [1.54, 1.807) is 6.92 Å². The zero-order chi connectivity index (χ0) is 21.4. The summed E-state index contributed by atoms with van der Waals surface area (Å²) >= 11 is 0. The van der Waals surface area contributed by atoms with Crippen molar-refractivity contribution < 1.29 is 37.5 Å². The molecule has 0 heterocycles. The molecular weight excluding hydrogens is 394 g/mol. The van der Waals surface area contributed by atoms with Crippen LogP contribution in [0.25, 0.3) is 0 Å². The average Bonchev–Trinajstić information content (AvgIpc) is 2.67. The third-order valence-corrected chi connectivity index (χ3v) is 3.37. The molecule has 1 amide bonds. The molecule has 0 spiro atoms. The molecule has 0 fully saturated rings. The summed E-state index contributed by atoms with van der Waals surface area (Å²) < 4.78 is 39.1. The number of carbonyl (C=O) groups is 2. The van der Waals surface area contributed by atoms with Crippen molar-refractivity contribution in [1.29, 1.82) is 0 Å². The third-order valence-electron chi connectivity index (χ3n) is 3.37. The molecule has 2 aromatic rings. The van der Waals surface area contributed by atoms with Gasteiger partial charge in [-0.1, -0.05) is 6.07 Å². The smallest absolute Gasteiger partial charge is 0.387 e. The van der Waals surface area contributed by atoms with Crippen LogP contribution in [-0.2, 0) is 9.53 Å². The maximum Gasteiger partial charge on any atom is 0.387 e. The van der Waals surface area contributed by atoms with E-state index >= 15 is 0 Å². The Balaban J connectivity index is 1.99. The van der Waals surface area contributed by atoms with Gasteiger partial charge in [-0.3, -0.25) is 14.9 Å². The number of anilines is 1. The van der Waals surface area contributed by atoms with Crippen molar-refractivity contribution in [3.05, 3.63) is 58.1 Å².